The van der Waals surface area contributed by atoms with Gasteiger partial charge in [-0.05, 0) is 24.3 Å². The van der Waals surface area contributed by atoms with Crippen LogP contribution in [0.1, 0.15) is 5.69 Å². The second-order valence-corrected chi connectivity index (χ2v) is 4.03. The van der Waals surface area contributed by atoms with Crippen molar-refractivity contribution in [3.05, 3.63) is 42.0 Å². The molecule has 0 aliphatic heterocycles. The number of hydrogen-bond acceptors (Lipinski definition) is 4. The molecule has 0 bridgehead atoms. The van der Waals surface area contributed by atoms with E-state index in [4.69, 9.17) is 5.11 Å². The maximum atomic E-state index is 12.7. The van der Waals surface area contributed by atoms with Gasteiger partial charge in [0.1, 0.15) is 12.4 Å². The first-order chi connectivity index (χ1) is 9.52. The Kier molecular flexibility index (Phi) is 4.04. The van der Waals surface area contributed by atoms with Crippen molar-refractivity contribution in [3.63, 3.8) is 0 Å². The summed E-state index contributed by atoms with van der Waals surface area (Å²) in [5.74, 6) is -1.78. The molecule has 0 aliphatic carbocycles. The molecule has 0 aliphatic rings. The summed E-state index contributed by atoms with van der Waals surface area (Å²) in [6.45, 7) is -0.107. The van der Waals surface area contributed by atoms with Gasteiger partial charge in [-0.25, -0.2) is 9.07 Å². The first kappa shape index (κ1) is 13.7. The molecule has 0 radical (unpaired) electrons. The summed E-state index contributed by atoms with van der Waals surface area (Å²) < 4.78 is 13.9. The highest BCUT2D eigenvalue weighted by atomic mass is 19.1. The number of carbonyl (C=O) groups excluding carboxylic acids is 1. The number of carbonyl (C=O) groups is 2. The Labute approximate surface area is 113 Å². The fourth-order valence-electron chi connectivity index (χ4n) is 1.53. The normalized spacial score (nSPS) is 10.2. The zero-order chi connectivity index (χ0) is 14.5. The van der Waals surface area contributed by atoms with E-state index in [-0.39, 0.29) is 24.6 Å². The second-order valence-electron chi connectivity index (χ2n) is 4.03. The van der Waals surface area contributed by atoms with Gasteiger partial charge in [-0.2, -0.15) is 0 Å². The van der Waals surface area contributed by atoms with E-state index in [1.807, 2.05) is 0 Å². The lowest BCUT2D eigenvalue weighted by Crippen LogP contribution is -2.19. The van der Waals surface area contributed by atoms with Gasteiger partial charge in [-0.15, -0.1) is 5.10 Å². The Morgan fingerprint density at radius 1 is 1.30 bits per heavy atom. The van der Waals surface area contributed by atoms with E-state index in [9.17, 15) is 14.0 Å². The standard InChI is InChI=1S/C12H11FN4O3/c13-8-1-3-9(4-2-8)14-11(18)7-17-6-10(15-16-17)5-12(19)20/h1-4,6H,5,7H2,(H,14,18)(H,19,20). The molecule has 0 saturated heterocycles. The lowest BCUT2D eigenvalue weighted by atomic mass is 10.3. The van der Waals surface area contributed by atoms with Crippen LogP contribution in [-0.2, 0) is 22.6 Å². The molecule has 0 fully saturated rings. The molecule has 2 N–H and O–H groups in total. The van der Waals surface area contributed by atoms with Crippen molar-refractivity contribution >= 4 is 17.6 Å². The Morgan fingerprint density at radius 2 is 2.00 bits per heavy atom. The number of halogens is 1. The van der Waals surface area contributed by atoms with Gasteiger partial charge < -0.3 is 10.4 Å². The van der Waals surface area contributed by atoms with E-state index < -0.39 is 11.8 Å². The van der Waals surface area contributed by atoms with Crippen molar-refractivity contribution in [3.8, 4) is 0 Å². The molecule has 0 spiro atoms. The Balaban J connectivity index is 1.92. The topological polar surface area (TPSA) is 97.1 Å². The van der Waals surface area contributed by atoms with Crippen LogP contribution in [0.15, 0.2) is 30.5 Å². The van der Waals surface area contributed by atoms with Crippen LogP contribution in [-0.4, -0.2) is 32.0 Å². The second kappa shape index (κ2) is 5.91. The molecule has 8 heteroatoms. The number of amides is 1. The van der Waals surface area contributed by atoms with Gasteiger partial charge in [-0.1, -0.05) is 5.21 Å². The maximum absolute atomic E-state index is 12.7. The Hall–Kier alpha value is -2.77. The molecule has 2 rings (SSSR count). The highest BCUT2D eigenvalue weighted by molar-refractivity contribution is 5.90. The predicted molar refractivity (Wildman–Crippen MR) is 66.4 cm³/mol. The van der Waals surface area contributed by atoms with Gasteiger partial charge in [0.05, 0.1) is 12.1 Å². The molecule has 0 saturated carbocycles. The van der Waals surface area contributed by atoms with E-state index in [2.05, 4.69) is 15.6 Å². The zero-order valence-corrected chi connectivity index (χ0v) is 10.3. The van der Waals surface area contributed by atoms with Gasteiger partial charge in [0.15, 0.2) is 0 Å². The van der Waals surface area contributed by atoms with E-state index in [1.54, 1.807) is 0 Å². The number of carboxylic acid groups (broad SMARTS) is 1. The maximum Gasteiger partial charge on any atom is 0.309 e. The number of aliphatic carboxylic acids is 1. The molecular weight excluding hydrogens is 267 g/mol. The lowest BCUT2D eigenvalue weighted by Gasteiger charge is -2.04. The van der Waals surface area contributed by atoms with Gasteiger partial charge in [-0.3, -0.25) is 9.59 Å². The van der Waals surface area contributed by atoms with Gasteiger partial charge in [0, 0.05) is 11.9 Å². The summed E-state index contributed by atoms with van der Waals surface area (Å²) in [6, 6.07) is 5.33. The van der Waals surface area contributed by atoms with E-state index in [0.29, 0.717) is 5.69 Å². The monoisotopic (exact) mass is 278 g/mol. The summed E-state index contributed by atoms with van der Waals surface area (Å²) in [5.41, 5.74) is 0.731. The third-order valence-corrected chi connectivity index (χ3v) is 2.35. The number of aromatic nitrogens is 3. The van der Waals surface area contributed by atoms with Crippen molar-refractivity contribution in [1.29, 1.82) is 0 Å². The summed E-state index contributed by atoms with van der Waals surface area (Å²) in [6.07, 6.45) is 1.14. The number of carboxylic acids is 1. The molecule has 2 aromatic rings. The molecule has 0 unspecified atom stereocenters. The van der Waals surface area contributed by atoms with Crippen molar-refractivity contribution in [1.82, 2.24) is 15.0 Å². The minimum Gasteiger partial charge on any atom is -0.481 e. The summed E-state index contributed by atoms with van der Waals surface area (Å²) in [5, 5.41) is 18.4. The van der Waals surface area contributed by atoms with E-state index in [1.165, 1.54) is 35.1 Å². The van der Waals surface area contributed by atoms with Crippen LogP contribution in [0.25, 0.3) is 0 Å². The minimum atomic E-state index is -1.02. The quantitative estimate of drug-likeness (QED) is 0.838. The molecular formula is C12H11FN4O3. The van der Waals surface area contributed by atoms with Crippen LogP contribution in [0, 0.1) is 5.82 Å². The van der Waals surface area contributed by atoms with Crippen LogP contribution in [0.2, 0.25) is 0 Å². The number of anilines is 1. The molecule has 20 heavy (non-hydrogen) atoms. The smallest absolute Gasteiger partial charge is 0.309 e. The number of benzene rings is 1. The number of hydrogen-bond donors (Lipinski definition) is 2. The van der Waals surface area contributed by atoms with Crippen molar-refractivity contribution in [2.75, 3.05) is 5.32 Å². The first-order valence-corrected chi connectivity index (χ1v) is 5.69. The van der Waals surface area contributed by atoms with Crippen LogP contribution >= 0.6 is 0 Å². The summed E-state index contributed by atoms with van der Waals surface area (Å²) in [7, 11) is 0. The van der Waals surface area contributed by atoms with E-state index in [0.717, 1.165) is 0 Å². The average molecular weight is 278 g/mol. The molecule has 1 aromatic heterocycles. The predicted octanol–water partition coefficient (Wildman–Crippen LogP) is 0.683. The summed E-state index contributed by atoms with van der Waals surface area (Å²) >= 11 is 0. The van der Waals surface area contributed by atoms with Gasteiger partial charge in [0.2, 0.25) is 5.91 Å². The van der Waals surface area contributed by atoms with Crippen LogP contribution in [0.4, 0.5) is 10.1 Å². The molecule has 104 valence electrons. The number of rotatable bonds is 5. The lowest BCUT2D eigenvalue weighted by molar-refractivity contribution is -0.136. The molecule has 1 amide bonds. The highest BCUT2D eigenvalue weighted by Crippen LogP contribution is 2.08. The van der Waals surface area contributed by atoms with E-state index >= 15 is 0 Å². The molecule has 1 aromatic carbocycles. The first-order valence-electron chi connectivity index (χ1n) is 5.69. The fourth-order valence-corrected chi connectivity index (χ4v) is 1.53. The summed E-state index contributed by atoms with van der Waals surface area (Å²) in [4.78, 5) is 22.2. The van der Waals surface area contributed by atoms with Crippen LogP contribution in [0.3, 0.4) is 0 Å². The van der Waals surface area contributed by atoms with Crippen molar-refractivity contribution in [2.24, 2.45) is 0 Å². The largest absolute Gasteiger partial charge is 0.481 e. The highest BCUT2D eigenvalue weighted by Gasteiger charge is 2.08. The Morgan fingerprint density at radius 3 is 2.65 bits per heavy atom. The van der Waals surface area contributed by atoms with Crippen molar-refractivity contribution in [2.45, 2.75) is 13.0 Å². The Bertz CT molecular complexity index is 624. The zero-order valence-electron chi connectivity index (χ0n) is 10.3. The van der Waals surface area contributed by atoms with Crippen molar-refractivity contribution < 1.29 is 19.1 Å². The van der Waals surface area contributed by atoms with Crippen LogP contribution in [0.5, 0.6) is 0 Å². The molecule has 0 atom stereocenters. The minimum absolute atomic E-state index is 0.107. The fraction of sp³-hybridized carbons (Fsp3) is 0.167. The third-order valence-electron chi connectivity index (χ3n) is 2.35. The third kappa shape index (κ3) is 3.87. The molecule has 1 heterocycles. The van der Waals surface area contributed by atoms with Gasteiger partial charge in [0.25, 0.3) is 0 Å². The number of nitrogens with one attached hydrogen (secondary N) is 1. The molecule has 7 nitrogen and oxygen atoms in total. The van der Waals surface area contributed by atoms with Gasteiger partial charge >= 0.3 is 5.97 Å². The van der Waals surface area contributed by atoms with Crippen LogP contribution < -0.4 is 5.32 Å². The SMILES string of the molecule is O=C(O)Cc1cn(CC(=O)Nc2ccc(F)cc2)nn1. The number of nitrogens with zero attached hydrogens (tertiary/aromatic N) is 3. The average Bonchev–Trinajstić information content (AvgIpc) is 2.78.